The maximum atomic E-state index is 11.2. The lowest BCUT2D eigenvalue weighted by Crippen LogP contribution is -2.29. The number of rotatable bonds is 5. The van der Waals surface area contributed by atoms with E-state index in [2.05, 4.69) is 5.32 Å². The maximum absolute atomic E-state index is 11.2. The normalized spacial score (nSPS) is 9.28. The number of nitrogens with zero attached hydrogens (tertiary/aromatic N) is 1. The van der Waals surface area contributed by atoms with Crippen molar-refractivity contribution >= 4 is 17.5 Å². The van der Waals surface area contributed by atoms with Crippen molar-refractivity contribution in [3.8, 4) is 11.8 Å². The zero-order valence-corrected chi connectivity index (χ0v) is 9.47. The molecule has 5 N–H and O–H groups in total. The Labute approximate surface area is 103 Å². The average molecular weight is 248 g/mol. The van der Waals surface area contributed by atoms with E-state index >= 15 is 0 Å². The molecule has 1 aromatic rings. The van der Waals surface area contributed by atoms with Gasteiger partial charge in [0.15, 0.2) is 6.61 Å². The highest BCUT2D eigenvalue weighted by Crippen LogP contribution is 2.21. The highest BCUT2D eigenvalue weighted by molar-refractivity contribution is 5.96. The second-order valence-corrected chi connectivity index (χ2v) is 3.34. The molecule has 0 unspecified atom stereocenters. The summed E-state index contributed by atoms with van der Waals surface area (Å²) in [7, 11) is 0. The van der Waals surface area contributed by atoms with Crippen LogP contribution >= 0.6 is 0 Å². The number of nitriles is 1. The topological polar surface area (TPSA) is 131 Å². The Morgan fingerprint density at radius 1 is 1.44 bits per heavy atom. The molecule has 94 valence electrons. The van der Waals surface area contributed by atoms with Crippen LogP contribution in [-0.4, -0.2) is 25.0 Å². The number of ether oxygens (including phenoxy) is 1. The molecule has 1 aromatic carbocycles. The summed E-state index contributed by atoms with van der Waals surface area (Å²) in [6, 6.07) is 6.07. The van der Waals surface area contributed by atoms with E-state index < -0.39 is 11.8 Å². The average Bonchev–Trinajstić information content (AvgIpc) is 2.33. The molecule has 0 aromatic heterocycles. The minimum atomic E-state index is -0.678. The van der Waals surface area contributed by atoms with Crippen LogP contribution in [0.5, 0.6) is 5.75 Å². The van der Waals surface area contributed by atoms with Crippen molar-refractivity contribution in [1.29, 1.82) is 5.26 Å². The largest absolute Gasteiger partial charge is 0.483 e. The van der Waals surface area contributed by atoms with Crippen molar-refractivity contribution in [2.75, 3.05) is 18.9 Å². The summed E-state index contributed by atoms with van der Waals surface area (Å²) in [6.45, 7) is -0.437. The number of nitrogens with two attached hydrogens (primary N) is 2. The number of primary amides is 1. The Morgan fingerprint density at radius 2 is 2.17 bits per heavy atom. The van der Waals surface area contributed by atoms with E-state index in [0.717, 1.165) is 0 Å². The van der Waals surface area contributed by atoms with Crippen molar-refractivity contribution in [2.24, 2.45) is 5.73 Å². The van der Waals surface area contributed by atoms with E-state index in [9.17, 15) is 9.59 Å². The molecule has 1 rings (SSSR count). The predicted octanol–water partition coefficient (Wildman–Crippen LogP) is -0.614. The van der Waals surface area contributed by atoms with Gasteiger partial charge in [-0.2, -0.15) is 5.26 Å². The van der Waals surface area contributed by atoms with Crippen molar-refractivity contribution in [2.45, 2.75) is 0 Å². The van der Waals surface area contributed by atoms with E-state index in [1.807, 2.05) is 0 Å². The molecule has 0 fully saturated rings. The molecule has 0 atom stereocenters. The lowest BCUT2D eigenvalue weighted by molar-refractivity contribution is -0.122. The zero-order valence-electron chi connectivity index (χ0n) is 9.47. The van der Waals surface area contributed by atoms with Gasteiger partial charge in [0, 0.05) is 11.8 Å². The van der Waals surface area contributed by atoms with E-state index in [1.54, 1.807) is 6.07 Å². The fourth-order valence-corrected chi connectivity index (χ4v) is 1.19. The number of amides is 2. The molecule has 2 amide bonds. The molecular weight excluding hydrogens is 236 g/mol. The molecule has 18 heavy (non-hydrogen) atoms. The second-order valence-electron chi connectivity index (χ2n) is 3.34. The van der Waals surface area contributed by atoms with Crippen LogP contribution in [0.3, 0.4) is 0 Å². The van der Waals surface area contributed by atoms with Gasteiger partial charge in [-0.3, -0.25) is 9.59 Å². The highest BCUT2D eigenvalue weighted by atomic mass is 16.5. The molecule has 0 aliphatic heterocycles. The Hall–Kier alpha value is -2.75. The fraction of sp³-hybridized carbons (Fsp3) is 0.182. The molecular formula is C11H12N4O3. The van der Waals surface area contributed by atoms with Gasteiger partial charge in [-0.15, -0.1) is 0 Å². The molecule has 0 heterocycles. The standard InChI is InChI=1S/C11H12N4O3/c12-3-4-15-10(16)6-18-9-5-7(13)1-2-8(9)11(14)17/h1-2,5H,4,6,13H2,(H2,14,17)(H,15,16). The van der Waals surface area contributed by atoms with Crippen molar-refractivity contribution in [1.82, 2.24) is 5.32 Å². The summed E-state index contributed by atoms with van der Waals surface area (Å²) in [5.41, 5.74) is 11.2. The third-order valence-electron chi connectivity index (χ3n) is 1.99. The predicted molar refractivity (Wildman–Crippen MR) is 63.5 cm³/mol. The summed E-state index contributed by atoms with van der Waals surface area (Å²) < 4.78 is 5.14. The molecule has 0 bridgehead atoms. The second kappa shape index (κ2) is 6.10. The summed E-state index contributed by atoms with van der Waals surface area (Å²) in [6.07, 6.45) is 0. The number of hydrogen-bond acceptors (Lipinski definition) is 5. The number of benzene rings is 1. The molecule has 0 spiro atoms. The molecule has 0 aliphatic carbocycles. The quantitative estimate of drug-likeness (QED) is 0.472. The van der Waals surface area contributed by atoms with Gasteiger partial charge in [-0.05, 0) is 12.1 Å². The number of anilines is 1. The molecule has 0 saturated heterocycles. The minimum absolute atomic E-state index is 0.109. The molecule has 0 radical (unpaired) electrons. The van der Waals surface area contributed by atoms with Crippen LogP contribution < -0.4 is 21.5 Å². The summed E-state index contributed by atoms with van der Waals surface area (Å²) in [5, 5.41) is 10.6. The van der Waals surface area contributed by atoms with Gasteiger partial charge in [0.25, 0.3) is 11.8 Å². The van der Waals surface area contributed by atoms with Gasteiger partial charge in [0.1, 0.15) is 12.3 Å². The van der Waals surface area contributed by atoms with Gasteiger partial charge < -0.3 is 21.5 Å². The summed E-state index contributed by atoms with van der Waals surface area (Å²) in [4.78, 5) is 22.3. The first-order valence-electron chi connectivity index (χ1n) is 5.00. The van der Waals surface area contributed by atoms with Gasteiger partial charge in [-0.25, -0.2) is 0 Å². The van der Waals surface area contributed by atoms with Crippen LogP contribution in [0.25, 0.3) is 0 Å². The van der Waals surface area contributed by atoms with Crippen LogP contribution in [0.4, 0.5) is 5.69 Å². The van der Waals surface area contributed by atoms with Gasteiger partial charge in [0.2, 0.25) is 0 Å². The van der Waals surface area contributed by atoms with Gasteiger partial charge in [0.05, 0.1) is 11.6 Å². The smallest absolute Gasteiger partial charge is 0.258 e. The van der Waals surface area contributed by atoms with E-state index in [1.165, 1.54) is 18.2 Å². The Bertz CT molecular complexity index is 508. The lowest BCUT2D eigenvalue weighted by Gasteiger charge is -2.09. The lowest BCUT2D eigenvalue weighted by atomic mass is 10.2. The van der Waals surface area contributed by atoms with Crippen LogP contribution in [0.15, 0.2) is 18.2 Å². The first kappa shape index (κ1) is 13.3. The zero-order chi connectivity index (χ0) is 13.5. The number of carbonyl (C=O) groups is 2. The first-order chi connectivity index (χ1) is 8.54. The van der Waals surface area contributed by atoms with Crippen LogP contribution in [0, 0.1) is 11.3 Å². The molecule has 0 saturated carbocycles. The van der Waals surface area contributed by atoms with Crippen LogP contribution in [-0.2, 0) is 4.79 Å². The highest BCUT2D eigenvalue weighted by Gasteiger charge is 2.11. The molecule has 7 heteroatoms. The Balaban J connectivity index is 2.72. The molecule has 7 nitrogen and oxygen atoms in total. The van der Waals surface area contributed by atoms with Crippen molar-refractivity contribution in [3.05, 3.63) is 23.8 Å². The third-order valence-corrected chi connectivity index (χ3v) is 1.99. The van der Waals surface area contributed by atoms with Gasteiger partial charge in [-0.1, -0.05) is 0 Å². The summed E-state index contributed by atoms with van der Waals surface area (Å²) in [5.74, 6) is -1.02. The number of carbonyl (C=O) groups excluding carboxylic acids is 2. The number of nitrogen functional groups attached to an aromatic ring is 1. The Morgan fingerprint density at radius 3 is 2.78 bits per heavy atom. The maximum Gasteiger partial charge on any atom is 0.258 e. The van der Waals surface area contributed by atoms with E-state index in [4.69, 9.17) is 21.5 Å². The monoisotopic (exact) mass is 248 g/mol. The van der Waals surface area contributed by atoms with Crippen LogP contribution in [0.1, 0.15) is 10.4 Å². The molecule has 0 aliphatic rings. The van der Waals surface area contributed by atoms with Crippen molar-refractivity contribution < 1.29 is 14.3 Å². The van der Waals surface area contributed by atoms with Crippen LogP contribution in [0.2, 0.25) is 0 Å². The van der Waals surface area contributed by atoms with E-state index in [-0.39, 0.29) is 24.5 Å². The van der Waals surface area contributed by atoms with E-state index in [0.29, 0.717) is 5.69 Å². The minimum Gasteiger partial charge on any atom is -0.483 e. The number of hydrogen-bond donors (Lipinski definition) is 3. The fourth-order valence-electron chi connectivity index (χ4n) is 1.19. The Kier molecular flexibility index (Phi) is 4.51. The number of nitrogens with one attached hydrogen (secondary N) is 1. The van der Waals surface area contributed by atoms with Gasteiger partial charge >= 0.3 is 0 Å². The first-order valence-corrected chi connectivity index (χ1v) is 5.00. The summed E-state index contributed by atoms with van der Waals surface area (Å²) >= 11 is 0. The third kappa shape index (κ3) is 3.68. The van der Waals surface area contributed by atoms with Crippen molar-refractivity contribution in [3.63, 3.8) is 0 Å². The SMILES string of the molecule is N#CCNC(=O)COc1cc(N)ccc1C(N)=O.